The van der Waals surface area contributed by atoms with Crippen LogP contribution < -0.4 is 0 Å². The van der Waals surface area contributed by atoms with E-state index in [9.17, 15) is 30.3 Å². The minimum Gasteiger partial charge on any atom is -0.443 e. The van der Waals surface area contributed by atoms with Crippen LogP contribution in [0.3, 0.4) is 0 Å². The molecule has 24 heavy (non-hydrogen) atoms. The van der Waals surface area contributed by atoms with Crippen molar-refractivity contribution in [3.05, 3.63) is 35.4 Å². The van der Waals surface area contributed by atoms with Crippen molar-refractivity contribution in [3.63, 3.8) is 0 Å². The van der Waals surface area contributed by atoms with E-state index in [0.29, 0.717) is 5.56 Å². The molecule has 134 valence electrons. The zero-order chi connectivity index (χ0) is 18.8. The van der Waals surface area contributed by atoms with Crippen LogP contribution in [-0.2, 0) is 10.6 Å². The minimum atomic E-state index is -3.92. The summed E-state index contributed by atoms with van der Waals surface area (Å²) in [7, 11) is 0. The summed E-state index contributed by atoms with van der Waals surface area (Å²) in [5.74, 6) is -3.32. The summed E-state index contributed by atoms with van der Waals surface area (Å²) in [6.07, 6.45) is -4.46. The van der Waals surface area contributed by atoms with Crippen LogP contribution in [0, 0.1) is 0 Å². The second-order valence-corrected chi connectivity index (χ2v) is 5.92. The van der Waals surface area contributed by atoms with Crippen LogP contribution >= 0.6 is 0 Å². The number of hydrogen-bond donors (Lipinski definition) is 6. The Kier molecular flexibility index (Phi) is 5.54. The molecule has 0 heterocycles. The Morgan fingerprint density at radius 2 is 1.58 bits per heavy atom. The number of oxime groups is 1. The Morgan fingerprint density at radius 3 is 1.96 bits per heavy atom. The van der Waals surface area contributed by atoms with E-state index >= 15 is 0 Å². The molecule has 0 atom stereocenters. The van der Waals surface area contributed by atoms with Crippen LogP contribution in [0.15, 0.2) is 29.4 Å². The highest BCUT2D eigenvalue weighted by Gasteiger charge is 2.51. The third-order valence-electron chi connectivity index (χ3n) is 2.69. The molecule has 6 N–H and O–H groups in total. The molecule has 1 aromatic rings. The number of ether oxygens (including phenoxy) is 1. The predicted molar refractivity (Wildman–Crippen MR) is 79.4 cm³/mol. The molecule has 0 aromatic heterocycles. The standard InChI is InChI=1S/C14H20N2O8/c1-12(2,3)24-11(17)16(14(20,21)22)13(18,19)10-6-4-9(5-7-10)8-15-23/h4-8,18-23H,1-3H3/b15-8+. The molecule has 0 unspecified atom stereocenters. The molecular weight excluding hydrogens is 324 g/mol. The van der Waals surface area contributed by atoms with Crippen LogP contribution in [0.4, 0.5) is 4.79 Å². The van der Waals surface area contributed by atoms with Gasteiger partial charge in [-0.05, 0) is 26.3 Å². The van der Waals surface area contributed by atoms with E-state index in [1.54, 1.807) is 0 Å². The van der Waals surface area contributed by atoms with E-state index in [1.807, 2.05) is 0 Å². The first-order valence-electron chi connectivity index (χ1n) is 6.72. The Bertz CT molecular complexity index is 599. The molecule has 10 nitrogen and oxygen atoms in total. The topological polar surface area (TPSA) is 163 Å². The molecule has 0 saturated heterocycles. The summed E-state index contributed by atoms with van der Waals surface area (Å²) >= 11 is 0. The second kappa shape index (κ2) is 6.71. The van der Waals surface area contributed by atoms with Gasteiger partial charge < -0.3 is 35.5 Å². The molecule has 0 aliphatic rings. The van der Waals surface area contributed by atoms with Crippen molar-refractivity contribution < 1.29 is 40.3 Å². The lowest BCUT2D eigenvalue weighted by Gasteiger charge is -2.39. The number of rotatable bonds is 4. The van der Waals surface area contributed by atoms with E-state index in [2.05, 4.69) is 5.16 Å². The smallest absolute Gasteiger partial charge is 0.421 e. The van der Waals surface area contributed by atoms with Gasteiger partial charge in [0.2, 0.25) is 0 Å². The van der Waals surface area contributed by atoms with Gasteiger partial charge in [0, 0.05) is 5.56 Å². The summed E-state index contributed by atoms with van der Waals surface area (Å²) in [6.45, 7) is 4.36. The van der Waals surface area contributed by atoms with Crippen LogP contribution in [0.5, 0.6) is 0 Å². The fourth-order valence-electron chi connectivity index (χ4n) is 1.76. The van der Waals surface area contributed by atoms with Crippen LogP contribution in [0.2, 0.25) is 0 Å². The number of hydrogen-bond acceptors (Lipinski definition) is 9. The van der Waals surface area contributed by atoms with Crippen LogP contribution in [0.25, 0.3) is 0 Å². The molecule has 0 aliphatic carbocycles. The van der Waals surface area contributed by atoms with Crippen molar-refractivity contribution in [3.8, 4) is 0 Å². The van der Waals surface area contributed by atoms with Crippen molar-refractivity contribution in [2.75, 3.05) is 0 Å². The Hall–Kier alpha value is -2.24. The maximum atomic E-state index is 12.0. The highest BCUT2D eigenvalue weighted by Crippen LogP contribution is 2.29. The van der Waals surface area contributed by atoms with Gasteiger partial charge in [0.15, 0.2) is 0 Å². The third-order valence-corrected chi connectivity index (χ3v) is 2.69. The number of nitrogens with zero attached hydrogens (tertiary/aromatic N) is 2. The first-order valence-corrected chi connectivity index (χ1v) is 6.72. The van der Waals surface area contributed by atoms with Crippen molar-refractivity contribution in [1.82, 2.24) is 4.90 Å². The second-order valence-electron chi connectivity index (χ2n) is 5.92. The Balaban J connectivity index is 3.27. The summed E-state index contributed by atoms with van der Waals surface area (Å²) in [5, 5.41) is 59.6. The molecule has 0 bridgehead atoms. The third kappa shape index (κ3) is 4.88. The summed E-state index contributed by atoms with van der Waals surface area (Å²) in [4.78, 5) is 11.6. The van der Waals surface area contributed by atoms with Gasteiger partial charge >= 0.3 is 12.2 Å². The van der Waals surface area contributed by atoms with E-state index in [-0.39, 0.29) is 0 Å². The molecule has 0 spiro atoms. The molecule has 0 aliphatic heterocycles. The van der Waals surface area contributed by atoms with Gasteiger partial charge in [-0.1, -0.05) is 29.4 Å². The van der Waals surface area contributed by atoms with E-state index in [1.165, 1.54) is 32.9 Å². The molecule has 1 aromatic carbocycles. The zero-order valence-electron chi connectivity index (χ0n) is 13.3. The lowest BCUT2D eigenvalue weighted by atomic mass is 10.1. The lowest BCUT2D eigenvalue weighted by Crippen LogP contribution is -2.62. The fourth-order valence-corrected chi connectivity index (χ4v) is 1.76. The number of amides is 1. The number of benzene rings is 1. The van der Waals surface area contributed by atoms with Crippen molar-refractivity contribution in [1.29, 1.82) is 0 Å². The lowest BCUT2D eigenvalue weighted by molar-refractivity contribution is -0.451. The minimum absolute atomic E-state index is 0.379. The maximum Gasteiger partial charge on any atom is 0.421 e. The average Bonchev–Trinajstić information content (AvgIpc) is 2.35. The summed E-state index contributed by atoms with van der Waals surface area (Å²) < 4.78 is 4.83. The molecule has 0 fully saturated rings. The van der Waals surface area contributed by atoms with Gasteiger partial charge in [-0.25, -0.2) is 4.79 Å². The monoisotopic (exact) mass is 344 g/mol. The van der Waals surface area contributed by atoms with Gasteiger partial charge in [0.1, 0.15) is 5.60 Å². The van der Waals surface area contributed by atoms with Crippen molar-refractivity contribution in [2.24, 2.45) is 5.16 Å². The van der Waals surface area contributed by atoms with Crippen LogP contribution in [-0.4, -0.2) is 59.6 Å². The van der Waals surface area contributed by atoms with Gasteiger partial charge in [-0.15, -0.1) is 0 Å². The van der Waals surface area contributed by atoms with Gasteiger partial charge in [0.25, 0.3) is 5.91 Å². The molecule has 1 amide bonds. The number of aliphatic hydroxyl groups is 5. The fraction of sp³-hybridized carbons (Fsp3) is 0.429. The average molecular weight is 344 g/mol. The van der Waals surface area contributed by atoms with Gasteiger partial charge in [-0.3, -0.25) is 0 Å². The first kappa shape index (κ1) is 19.8. The highest BCUT2D eigenvalue weighted by molar-refractivity contribution is 5.79. The van der Waals surface area contributed by atoms with Gasteiger partial charge in [0.05, 0.1) is 6.21 Å². The Morgan fingerprint density at radius 1 is 1.08 bits per heavy atom. The largest absolute Gasteiger partial charge is 0.443 e. The number of carbonyl (C=O) groups excluding carboxylic acids is 1. The first-order chi connectivity index (χ1) is 10.8. The predicted octanol–water partition coefficient (Wildman–Crippen LogP) is -0.585. The summed E-state index contributed by atoms with van der Waals surface area (Å²) in [5.41, 5.74) is -1.13. The molecule has 1 rings (SSSR count). The van der Waals surface area contributed by atoms with E-state index in [4.69, 9.17) is 9.94 Å². The maximum absolute atomic E-state index is 12.0. The van der Waals surface area contributed by atoms with Crippen LogP contribution in [0.1, 0.15) is 31.9 Å². The molecule has 10 heteroatoms. The molecule has 0 radical (unpaired) electrons. The molecular formula is C14H20N2O8. The number of carbonyl (C=O) groups is 1. The summed E-state index contributed by atoms with van der Waals surface area (Å²) in [6, 6.07) is 4.77. The van der Waals surface area contributed by atoms with Gasteiger partial charge in [-0.2, -0.15) is 4.90 Å². The van der Waals surface area contributed by atoms with E-state index in [0.717, 1.165) is 18.3 Å². The highest BCUT2D eigenvalue weighted by atomic mass is 16.7. The normalized spacial score (nSPS) is 13.2. The van der Waals surface area contributed by atoms with E-state index < -0.39 is 34.2 Å². The Labute approximate surface area is 137 Å². The molecule has 0 saturated carbocycles. The SMILES string of the molecule is CC(C)(C)OC(=O)N(C(O)(O)O)C(O)(O)c1ccc(/C=N/O)cc1. The van der Waals surface area contributed by atoms with Crippen molar-refractivity contribution in [2.45, 2.75) is 38.4 Å². The zero-order valence-corrected chi connectivity index (χ0v) is 13.3. The van der Waals surface area contributed by atoms with Crippen molar-refractivity contribution >= 4 is 12.3 Å². The quantitative estimate of drug-likeness (QED) is 0.183.